The standard InChI is InChI=1S/C18H14F3NO/c19-18(20,21)17(23)15(13-6-2-1-3-7-13)12-22-11-10-14-8-4-5-9-16(14)22/h1-9,12H,10-11H2/b15-12-. The highest BCUT2D eigenvalue weighted by Gasteiger charge is 2.41. The van der Waals surface area contributed by atoms with Gasteiger partial charge in [0.15, 0.2) is 0 Å². The maximum absolute atomic E-state index is 12.9. The van der Waals surface area contributed by atoms with Crippen molar-refractivity contribution in [3.05, 3.63) is 71.9 Å². The molecule has 1 aliphatic rings. The summed E-state index contributed by atoms with van der Waals surface area (Å²) in [6.07, 6.45) is -2.84. The number of nitrogens with zero attached hydrogens (tertiary/aromatic N) is 1. The Balaban J connectivity index is 2.05. The molecule has 2 nitrogen and oxygen atoms in total. The number of alkyl halides is 3. The molecule has 0 unspecified atom stereocenters. The molecule has 3 rings (SSSR count). The van der Waals surface area contributed by atoms with Gasteiger partial charge in [0.25, 0.3) is 5.78 Å². The molecular weight excluding hydrogens is 303 g/mol. The number of ketones is 1. The molecule has 0 spiro atoms. The predicted octanol–water partition coefficient (Wildman–Crippen LogP) is 4.22. The summed E-state index contributed by atoms with van der Waals surface area (Å²) in [5.41, 5.74) is 1.83. The molecule has 23 heavy (non-hydrogen) atoms. The number of carbonyl (C=O) groups excluding carboxylic acids is 1. The fraction of sp³-hybridized carbons (Fsp3) is 0.167. The maximum Gasteiger partial charge on any atom is 0.454 e. The number of anilines is 1. The van der Waals surface area contributed by atoms with Crippen molar-refractivity contribution in [3.63, 3.8) is 0 Å². The van der Waals surface area contributed by atoms with Crippen LogP contribution in [0.3, 0.4) is 0 Å². The molecule has 5 heteroatoms. The van der Waals surface area contributed by atoms with Gasteiger partial charge in [-0.2, -0.15) is 13.2 Å². The Morgan fingerprint density at radius 3 is 2.35 bits per heavy atom. The second-order valence-corrected chi connectivity index (χ2v) is 5.31. The number of hydrogen-bond donors (Lipinski definition) is 0. The highest BCUT2D eigenvalue weighted by molar-refractivity contribution is 6.23. The fourth-order valence-electron chi connectivity index (χ4n) is 2.69. The molecule has 118 valence electrons. The van der Waals surface area contributed by atoms with Crippen LogP contribution in [0.2, 0.25) is 0 Å². The number of carbonyl (C=O) groups is 1. The molecule has 0 bridgehead atoms. The van der Waals surface area contributed by atoms with Gasteiger partial charge < -0.3 is 4.90 Å². The molecular formula is C18H14F3NO. The van der Waals surface area contributed by atoms with Crippen LogP contribution in [0.25, 0.3) is 5.57 Å². The maximum atomic E-state index is 12.9. The Bertz CT molecular complexity index is 750. The molecule has 0 aromatic heterocycles. The fourth-order valence-corrected chi connectivity index (χ4v) is 2.69. The number of allylic oxidation sites excluding steroid dienone is 1. The van der Waals surface area contributed by atoms with Crippen molar-refractivity contribution in [1.29, 1.82) is 0 Å². The third-order valence-corrected chi connectivity index (χ3v) is 3.79. The minimum atomic E-state index is -4.90. The quantitative estimate of drug-likeness (QED) is 0.790. The monoisotopic (exact) mass is 317 g/mol. The Kier molecular flexibility index (Phi) is 3.94. The van der Waals surface area contributed by atoms with Gasteiger partial charge >= 0.3 is 6.18 Å². The molecule has 0 amide bonds. The molecule has 2 aromatic rings. The van der Waals surface area contributed by atoms with Gasteiger partial charge in [0.1, 0.15) is 0 Å². The van der Waals surface area contributed by atoms with Gasteiger partial charge in [-0.1, -0.05) is 48.5 Å². The lowest BCUT2D eigenvalue weighted by Crippen LogP contribution is -2.26. The molecule has 0 saturated carbocycles. The second kappa shape index (κ2) is 5.91. The zero-order valence-electron chi connectivity index (χ0n) is 12.2. The van der Waals surface area contributed by atoms with Gasteiger partial charge in [0.05, 0.1) is 5.57 Å². The van der Waals surface area contributed by atoms with E-state index in [2.05, 4.69) is 0 Å². The molecule has 0 aliphatic carbocycles. The Morgan fingerprint density at radius 2 is 1.65 bits per heavy atom. The lowest BCUT2D eigenvalue weighted by molar-refractivity contribution is -0.164. The molecule has 0 radical (unpaired) electrons. The van der Waals surface area contributed by atoms with Crippen LogP contribution in [0.1, 0.15) is 11.1 Å². The lowest BCUT2D eigenvalue weighted by Gasteiger charge is -2.18. The Morgan fingerprint density at radius 1 is 1.00 bits per heavy atom. The van der Waals surface area contributed by atoms with E-state index >= 15 is 0 Å². The van der Waals surface area contributed by atoms with Crippen LogP contribution in [0.4, 0.5) is 18.9 Å². The molecule has 1 heterocycles. The molecule has 0 fully saturated rings. The molecule has 2 aromatic carbocycles. The van der Waals surface area contributed by atoms with Gasteiger partial charge in [-0.15, -0.1) is 0 Å². The number of hydrogen-bond acceptors (Lipinski definition) is 2. The first-order valence-electron chi connectivity index (χ1n) is 7.20. The third kappa shape index (κ3) is 3.13. The number of benzene rings is 2. The SMILES string of the molecule is O=C(/C(=C\N1CCc2ccccc21)c1ccccc1)C(F)(F)F. The minimum absolute atomic E-state index is 0.263. The summed E-state index contributed by atoms with van der Waals surface area (Å²) in [5, 5.41) is 0. The highest BCUT2D eigenvalue weighted by Crippen LogP contribution is 2.32. The van der Waals surface area contributed by atoms with Crippen molar-refractivity contribution in [2.24, 2.45) is 0 Å². The summed E-state index contributed by atoms with van der Waals surface area (Å²) in [7, 11) is 0. The zero-order valence-corrected chi connectivity index (χ0v) is 12.2. The van der Waals surface area contributed by atoms with E-state index in [9.17, 15) is 18.0 Å². The van der Waals surface area contributed by atoms with Gasteiger partial charge in [0, 0.05) is 18.4 Å². The van der Waals surface area contributed by atoms with Crippen molar-refractivity contribution in [2.75, 3.05) is 11.4 Å². The van der Waals surface area contributed by atoms with Crippen molar-refractivity contribution in [1.82, 2.24) is 0 Å². The first kappa shape index (κ1) is 15.3. The molecule has 0 saturated heterocycles. The molecule has 0 N–H and O–H groups in total. The van der Waals surface area contributed by atoms with Crippen molar-refractivity contribution in [3.8, 4) is 0 Å². The van der Waals surface area contributed by atoms with Gasteiger partial charge in [-0.05, 0) is 23.6 Å². The smallest absolute Gasteiger partial charge is 0.347 e. The second-order valence-electron chi connectivity index (χ2n) is 5.31. The summed E-state index contributed by atoms with van der Waals surface area (Å²) in [4.78, 5) is 13.6. The van der Waals surface area contributed by atoms with E-state index in [1.165, 1.54) is 18.3 Å². The minimum Gasteiger partial charge on any atom is -0.347 e. The number of halogens is 3. The predicted molar refractivity (Wildman–Crippen MR) is 83.0 cm³/mol. The summed E-state index contributed by atoms with van der Waals surface area (Å²) in [5.74, 6) is -1.83. The number of fused-ring (bicyclic) bond motifs is 1. The number of para-hydroxylation sites is 1. The number of Topliss-reactive ketones (excluding diaryl/α,β-unsaturated/α-hetero) is 1. The summed E-state index contributed by atoms with van der Waals surface area (Å²) in [6.45, 7) is 0.556. The summed E-state index contributed by atoms with van der Waals surface area (Å²) >= 11 is 0. The highest BCUT2D eigenvalue weighted by atomic mass is 19.4. The van der Waals surface area contributed by atoms with Crippen LogP contribution in [0.15, 0.2) is 60.8 Å². The van der Waals surface area contributed by atoms with E-state index in [0.29, 0.717) is 6.54 Å². The third-order valence-electron chi connectivity index (χ3n) is 3.79. The van der Waals surface area contributed by atoms with Crippen molar-refractivity contribution >= 4 is 17.0 Å². The van der Waals surface area contributed by atoms with Crippen LogP contribution < -0.4 is 4.90 Å². The van der Waals surface area contributed by atoms with Crippen LogP contribution in [-0.2, 0) is 11.2 Å². The first-order chi connectivity index (χ1) is 11.0. The van der Waals surface area contributed by atoms with Gasteiger partial charge in [-0.3, -0.25) is 4.79 Å². The van der Waals surface area contributed by atoms with Crippen LogP contribution in [-0.4, -0.2) is 18.5 Å². The topological polar surface area (TPSA) is 20.3 Å². The van der Waals surface area contributed by atoms with E-state index in [1.54, 1.807) is 23.1 Å². The number of rotatable bonds is 3. The van der Waals surface area contributed by atoms with Crippen molar-refractivity contribution in [2.45, 2.75) is 12.6 Å². The van der Waals surface area contributed by atoms with Gasteiger partial charge in [-0.25, -0.2) is 0 Å². The summed E-state index contributed by atoms with van der Waals surface area (Å²) in [6, 6.07) is 15.5. The van der Waals surface area contributed by atoms with Crippen molar-refractivity contribution < 1.29 is 18.0 Å². The van der Waals surface area contributed by atoms with E-state index < -0.39 is 12.0 Å². The lowest BCUT2D eigenvalue weighted by atomic mass is 10.0. The molecule has 1 aliphatic heterocycles. The Hall–Kier alpha value is -2.56. The zero-order chi connectivity index (χ0) is 16.4. The average Bonchev–Trinajstić information content (AvgIpc) is 2.95. The van der Waals surface area contributed by atoms with Crippen LogP contribution in [0.5, 0.6) is 0 Å². The van der Waals surface area contributed by atoms with E-state index in [4.69, 9.17) is 0 Å². The van der Waals surface area contributed by atoms with E-state index in [-0.39, 0.29) is 11.1 Å². The van der Waals surface area contributed by atoms with E-state index in [1.807, 2.05) is 24.3 Å². The largest absolute Gasteiger partial charge is 0.454 e. The van der Waals surface area contributed by atoms with E-state index in [0.717, 1.165) is 17.7 Å². The van der Waals surface area contributed by atoms with Crippen LogP contribution in [0, 0.1) is 0 Å². The van der Waals surface area contributed by atoms with Crippen LogP contribution >= 0.6 is 0 Å². The summed E-state index contributed by atoms with van der Waals surface area (Å²) < 4.78 is 38.8. The van der Waals surface area contributed by atoms with Gasteiger partial charge in [0.2, 0.25) is 0 Å². The normalized spacial score (nSPS) is 14.7. The first-order valence-corrected chi connectivity index (χ1v) is 7.20. The molecule has 0 atom stereocenters. The Labute approximate surface area is 131 Å². The average molecular weight is 317 g/mol.